The van der Waals surface area contributed by atoms with Crippen molar-refractivity contribution < 1.29 is 0 Å². The zero-order valence-electron chi connectivity index (χ0n) is 10.6. The maximum absolute atomic E-state index is 3.72. The second-order valence-corrected chi connectivity index (χ2v) is 7.77. The van der Waals surface area contributed by atoms with Crippen LogP contribution in [-0.2, 0) is 0 Å². The minimum Gasteiger partial charge on any atom is -0.375 e. The van der Waals surface area contributed by atoms with Crippen molar-refractivity contribution >= 4 is 48.9 Å². The molecule has 1 aliphatic carbocycles. The molecule has 1 aromatic heterocycles. The highest BCUT2D eigenvalue weighted by Gasteiger charge is 2.33. The summed E-state index contributed by atoms with van der Waals surface area (Å²) in [5, 5.41) is 5.88. The van der Waals surface area contributed by atoms with Gasteiger partial charge in [-0.15, -0.1) is 11.3 Å². The molecule has 1 aromatic carbocycles. The van der Waals surface area contributed by atoms with Crippen LogP contribution in [0.4, 0.5) is 5.69 Å². The van der Waals surface area contributed by atoms with E-state index in [-0.39, 0.29) is 0 Å². The summed E-state index contributed by atoms with van der Waals surface area (Å²) in [4.78, 5) is 1.43. The van der Waals surface area contributed by atoms with Gasteiger partial charge >= 0.3 is 0 Å². The van der Waals surface area contributed by atoms with Gasteiger partial charge in [-0.3, -0.25) is 0 Å². The lowest BCUT2D eigenvalue weighted by Gasteiger charge is -2.21. The quantitative estimate of drug-likeness (QED) is 0.649. The van der Waals surface area contributed by atoms with E-state index in [1.54, 1.807) is 0 Å². The molecule has 1 heterocycles. The largest absolute Gasteiger partial charge is 0.375 e. The van der Waals surface area contributed by atoms with E-state index in [4.69, 9.17) is 0 Å². The van der Waals surface area contributed by atoms with Crippen LogP contribution in [0.3, 0.4) is 0 Å². The maximum Gasteiger partial charge on any atom is 0.0635 e. The second-order valence-electron chi connectivity index (χ2n) is 5.08. The number of aryl methyl sites for hydroxylation is 1. The van der Waals surface area contributed by atoms with Gasteiger partial charge in [-0.2, -0.15) is 0 Å². The van der Waals surface area contributed by atoms with E-state index >= 15 is 0 Å². The van der Waals surface area contributed by atoms with Gasteiger partial charge in [-0.05, 0) is 86.7 Å². The first-order chi connectivity index (χ1) is 9.15. The summed E-state index contributed by atoms with van der Waals surface area (Å²) in [5.41, 5.74) is 2.42. The molecule has 0 saturated heterocycles. The zero-order chi connectivity index (χ0) is 13.4. The Hall–Kier alpha value is -0.320. The predicted octanol–water partition coefficient (Wildman–Crippen LogP) is 6.14. The highest BCUT2D eigenvalue weighted by atomic mass is 79.9. The standard InChI is InChI=1S/C15H15Br2NS/c1-9-7-11(16)15(12(17)8-9)18-14(10-4-5-10)13-3-2-6-19-13/h2-3,6-8,10,14,18H,4-5H2,1H3. The minimum absolute atomic E-state index is 0.440. The van der Waals surface area contributed by atoms with Gasteiger partial charge in [0.05, 0.1) is 11.7 Å². The van der Waals surface area contributed by atoms with Crippen LogP contribution in [-0.4, -0.2) is 0 Å². The van der Waals surface area contributed by atoms with Crippen LogP contribution >= 0.6 is 43.2 Å². The number of hydrogen-bond acceptors (Lipinski definition) is 2. The third kappa shape index (κ3) is 3.06. The lowest BCUT2D eigenvalue weighted by Crippen LogP contribution is -2.12. The summed E-state index contributed by atoms with van der Waals surface area (Å²) >= 11 is 9.18. The fourth-order valence-corrected chi connectivity index (χ4v) is 4.83. The van der Waals surface area contributed by atoms with Crippen molar-refractivity contribution in [1.82, 2.24) is 0 Å². The van der Waals surface area contributed by atoms with Crippen LogP contribution in [0.25, 0.3) is 0 Å². The van der Waals surface area contributed by atoms with Gasteiger partial charge in [0.1, 0.15) is 0 Å². The Morgan fingerprint density at radius 1 is 1.26 bits per heavy atom. The first kappa shape index (κ1) is 13.7. The zero-order valence-corrected chi connectivity index (χ0v) is 14.6. The molecule has 1 nitrogen and oxygen atoms in total. The van der Waals surface area contributed by atoms with Crippen molar-refractivity contribution in [3.8, 4) is 0 Å². The van der Waals surface area contributed by atoms with Crippen LogP contribution in [0.5, 0.6) is 0 Å². The van der Waals surface area contributed by atoms with Crippen LogP contribution < -0.4 is 5.32 Å². The number of anilines is 1. The lowest BCUT2D eigenvalue weighted by molar-refractivity contribution is 0.690. The van der Waals surface area contributed by atoms with E-state index in [0.717, 1.165) is 20.6 Å². The van der Waals surface area contributed by atoms with E-state index in [1.165, 1.54) is 23.3 Å². The van der Waals surface area contributed by atoms with Crippen molar-refractivity contribution in [1.29, 1.82) is 0 Å². The molecule has 1 unspecified atom stereocenters. The van der Waals surface area contributed by atoms with Crippen LogP contribution in [0.15, 0.2) is 38.6 Å². The Kier molecular flexibility index (Phi) is 4.01. The summed E-state index contributed by atoms with van der Waals surface area (Å²) in [7, 11) is 0. The Morgan fingerprint density at radius 3 is 2.47 bits per heavy atom. The second kappa shape index (κ2) is 5.58. The number of halogens is 2. The molecule has 0 aliphatic heterocycles. The molecule has 1 N–H and O–H groups in total. The van der Waals surface area contributed by atoms with Gasteiger partial charge < -0.3 is 5.32 Å². The first-order valence-corrected chi connectivity index (χ1v) is 8.87. The van der Waals surface area contributed by atoms with Crippen molar-refractivity contribution in [2.24, 2.45) is 5.92 Å². The molecule has 1 aliphatic rings. The number of thiophene rings is 1. The Bertz CT molecular complexity index is 553. The number of nitrogens with one attached hydrogen (secondary N) is 1. The van der Waals surface area contributed by atoms with Gasteiger partial charge in [0.15, 0.2) is 0 Å². The first-order valence-electron chi connectivity index (χ1n) is 6.41. The molecule has 0 bridgehead atoms. The molecule has 1 fully saturated rings. The molecule has 1 saturated carbocycles. The monoisotopic (exact) mass is 399 g/mol. The summed E-state index contributed by atoms with van der Waals surface area (Å²) in [6, 6.07) is 9.12. The van der Waals surface area contributed by atoms with E-state index in [0.29, 0.717) is 6.04 Å². The molecule has 3 rings (SSSR count). The average Bonchev–Trinajstić information content (AvgIpc) is 3.03. The number of hydrogen-bond donors (Lipinski definition) is 1. The topological polar surface area (TPSA) is 12.0 Å². The Labute approximate surface area is 134 Å². The average molecular weight is 401 g/mol. The summed E-state index contributed by atoms with van der Waals surface area (Å²) in [5.74, 6) is 0.777. The fraction of sp³-hybridized carbons (Fsp3) is 0.333. The van der Waals surface area contributed by atoms with Gasteiger partial charge in [-0.25, -0.2) is 0 Å². The molecule has 1 atom stereocenters. The van der Waals surface area contributed by atoms with Crippen molar-refractivity contribution in [2.75, 3.05) is 5.32 Å². The molecule has 0 radical (unpaired) electrons. The Morgan fingerprint density at radius 2 is 1.95 bits per heavy atom. The van der Waals surface area contributed by atoms with Gasteiger partial charge in [-0.1, -0.05) is 6.07 Å². The lowest BCUT2D eigenvalue weighted by atomic mass is 10.1. The molecule has 2 aromatic rings. The third-order valence-electron chi connectivity index (χ3n) is 3.43. The van der Waals surface area contributed by atoms with Crippen molar-refractivity contribution in [3.63, 3.8) is 0 Å². The van der Waals surface area contributed by atoms with Gasteiger partial charge in [0.2, 0.25) is 0 Å². The minimum atomic E-state index is 0.440. The smallest absolute Gasteiger partial charge is 0.0635 e. The van der Waals surface area contributed by atoms with Crippen molar-refractivity contribution in [2.45, 2.75) is 25.8 Å². The summed E-state index contributed by atoms with van der Waals surface area (Å²) < 4.78 is 2.25. The van der Waals surface area contributed by atoms with Crippen LogP contribution in [0.1, 0.15) is 29.3 Å². The summed E-state index contributed by atoms with van der Waals surface area (Å²) in [6.45, 7) is 2.11. The molecular weight excluding hydrogens is 386 g/mol. The third-order valence-corrected chi connectivity index (χ3v) is 5.64. The SMILES string of the molecule is Cc1cc(Br)c(NC(c2cccs2)C2CC2)c(Br)c1. The molecular formula is C15H15Br2NS. The fourth-order valence-electron chi connectivity index (χ4n) is 2.31. The Balaban J connectivity index is 1.91. The molecule has 0 spiro atoms. The molecule has 19 heavy (non-hydrogen) atoms. The summed E-state index contributed by atoms with van der Waals surface area (Å²) in [6.07, 6.45) is 2.66. The van der Waals surface area contributed by atoms with E-state index in [2.05, 4.69) is 73.7 Å². The van der Waals surface area contributed by atoms with Crippen LogP contribution in [0.2, 0.25) is 0 Å². The van der Waals surface area contributed by atoms with Crippen LogP contribution in [0, 0.1) is 12.8 Å². The number of benzene rings is 1. The molecule has 100 valence electrons. The van der Waals surface area contributed by atoms with Crippen molar-refractivity contribution in [3.05, 3.63) is 49.0 Å². The maximum atomic E-state index is 3.72. The van der Waals surface area contributed by atoms with E-state index in [1.807, 2.05) is 11.3 Å². The highest BCUT2D eigenvalue weighted by molar-refractivity contribution is 9.11. The van der Waals surface area contributed by atoms with E-state index < -0.39 is 0 Å². The van der Waals surface area contributed by atoms with E-state index in [9.17, 15) is 0 Å². The normalized spacial score (nSPS) is 16.4. The van der Waals surface area contributed by atoms with Gasteiger partial charge in [0.25, 0.3) is 0 Å². The highest BCUT2D eigenvalue weighted by Crippen LogP contribution is 2.46. The predicted molar refractivity (Wildman–Crippen MR) is 90.0 cm³/mol. The number of rotatable bonds is 4. The molecule has 0 amide bonds. The van der Waals surface area contributed by atoms with Gasteiger partial charge in [0, 0.05) is 13.8 Å². The molecule has 4 heteroatoms.